The van der Waals surface area contributed by atoms with Crippen molar-refractivity contribution in [1.82, 2.24) is 10.2 Å². The smallest absolute Gasteiger partial charge is 0.310 e. The van der Waals surface area contributed by atoms with Crippen LogP contribution in [-0.2, 0) is 35.2 Å². The van der Waals surface area contributed by atoms with E-state index < -0.39 is 40.9 Å². The molecule has 0 aromatic heterocycles. The number of benzene rings is 1. The molecule has 14 atom stereocenters. The van der Waals surface area contributed by atoms with Gasteiger partial charge < -0.3 is 19.6 Å². The molecule has 70 heavy (non-hydrogen) atoms. The van der Waals surface area contributed by atoms with Gasteiger partial charge in [0.2, 0.25) is 0 Å². The largest absolute Gasteiger partial charge is 0.481 e. The van der Waals surface area contributed by atoms with Crippen molar-refractivity contribution in [2.75, 3.05) is 31.1 Å². The Kier molecular flexibility index (Phi) is 13.2. The lowest BCUT2D eigenvalue weighted by Crippen LogP contribution is -2.72. The van der Waals surface area contributed by atoms with E-state index in [1.54, 1.807) is 0 Å². The molecular weight excluding hydrogens is 909 g/mol. The van der Waals surface area contributed by atoms with Crippen molar-refractivity contribution in [2.45, 2.75) is 209 Å². The van der Waals surface area contributed by atoms with E-state index in [9.17, 15) is 23.1 Å². The second kappa shape index (κ2) is 17.4. The number of carboxylic acid groups (broad SMARTS) is 1. The SMILES string of the molecule is C[C@@H](O[Si](C)(C)C(C)(C)C)[C@@H](CN[C@]12CC[C@@H](C3(C)CC3)[C@@H]1[C@H]1CC[C@@H]3[C@]4(C)CC[C@H]([C@@]5(C(=O)O)C[C@@H](C(=O)OCc6ccccc6)C5(C)C)C(C)(C)[C@H]4CC[C@@]3(C)[C@]1(C)CC2)N1CCS(=O)(=O)CC1. The van der Waals surface area contributed by atoms with E-state index in [4.69, 9.17) is 9.16 Å². The van der Waals surface area contributed by atoms with Gasteiger partial charge in [-0.2, -0.15) is 0 Å². The number of nitrogens with zero attached hydrogens (tertiary/aromatic N) is 1. The van der Waals surface area contributed by atoms with E-state index in [1.807, 2.05) is 44.2 Å². The maximum absolute atomic E-state index is 13.9. The normalized spacial score (nSPS) is 42.4. The Balaban J connectivity index is 0.967. The Morgan fingerprint density at radius 3 is 2.04 bits per heavy atom. The molecule has 394 valence electrons. The van der Waals surface area contributed by atoms with E-state index in [1.165, 1.54) is 57.8 Å². The number of carbonyl (C=O) groups is 2. The molecule has 1 aliphatic heterocycles. The summed E-state index contributed by atoms with van der Waals surface area (Å²) in [5.74, 6) is 1.91. The van der Waals surface area contributed by atoms with Gasteiger partial charge in [-0.1, -0.05) is 106 Å². The molecular formula is C59H96N2O7SSi. The van der Waals surface area contributed by atoms with Gasteiger partial charge in [0, 0.05) is 31.2 Å². The first-order valence-electron chi connectivity index (χ1n) is 28.2. The number of aliphatic carboxylic acids is 1. The molecule has 0 bridgehead atoms. The molecule has 0 radical (unpaired) electrons. The van der Waals surface area contributed by atoms with Crippen LogP contribution in [0.3, 0.4) is 0 Å². The van der Waals surface area contributed by atoms with Crippen LogP contribution in [0.25, 0.3) is 0 Å². The van der Waals surface area contributed by atoms with Crippen molar-refractivity contribution < 1.29 is 32.3 Å². The highest BCUT2D eigenvalue weighted by Gasteiger charge is 2.77. The Bertz CT molecular complexity index is 2260. The predicted octanol–water partition coefficient (Wildman–Crippen LogP) is 12.2. The number of nitrogens with one attached hydrogen (secondary N) is 1. The zero-order chi connectivity index (χ0) is 51.1. The summed E-state index contributed by atoms with van der Waals surface area (Å²) in [4.78, 5) is 30.1. The van der Waals surface area contributed by atoms with Gasteiger partial charge in [0.1, 0.15) is 6.61 Å². The molecule has 9 rings (SSSR count). The van der Waals surface area contributed by atoms with Crippen molar-refractivity contribution >= 4 is 30.1 Å². The van der Waals surface area contributed by atoms with Crippen LogP contribution in [-0.4, -0.2) is 87.5 Å². The van der Waals surface area contributed by atoms with Crippen molar-refractivity contribution in [3.63, 3.8) is 0 Å². The van der Waals surface area contributed by atoms with Crippen LogP contribution in [0.15, 0.2) is 30.3 Å². The summed E-state index contributed by atoms with van der Waals surface area (Å²) < 4.78 is 38.6. The van der Waals surface area contributed by atoms with Crippen LogP contribution in [0.5, 0.6) is 0 Å². The third kappa shape index (κ3) is 8.03. The van der Waals surface area contributed by atoms with Crippen LogP contribution in [0.1, 0.15) is 172 Å². The first-order valence-corrected chi connectivity index (χ1v) is 32.9. The number of hydrogen-bond acceptors (Lipinski definition) is 8. The average molecular weight is 1010 g/mol. The van der Waals surface area contributed by atoms with Crippen molar-refractivity contribution in [3.8, 4) is 0 Å². The molecule has 1 heterocycles. The first kappa shape index (κ1) is 53.0. The number of fused-ring (bicyclic) bond motifs is 7. The number of carboxylic acids is 1. The van der Waals surface area contributed by atoms with Crippen molar-refractivity contribution in [1.29, 1.82) is 0 Å². The molecule has 0 amide bonds. The van der Waals surface area contributed by atoms with E-state index in [0.29, 0.717) is 54.5 Å². The Labute approximate surface area is 426 Å². The van der Waals surface area contributed by atoms with Gasteiger partial charge in [0.05, 0.1) is 28.9 Å². The summed E-state index contributed by atoms with van der Waals surface area (Å²) in [6, 6.07) is 9.88. The number of sulfone groups is 1. The van der Waals surface area contributed by atoms with E-state index in [0.717, 1.165) is 31.4 Å². The van der Waals surface area contributed by atoms with E-state index in [-0.39, 0.29) is 74.4 Å². The van der Waals surface area contributed by atoms with Crippen molar-refractivity contribution in [3.05, 3.63) is 35.9 Å². The summed E-state index contributed by atoms with van der Waals surface area (Å²) >= 11 is 0. The van der Waals surface area contributed by atoms with Crippen molar-refractivity contribution in [2.24, 2.45) is 79.3 Å². The fourth-order valence-corrected chi connectivity index (χ4v) is 21.8. The van der Waals surface area contributed by atoms with Gasteiger partial charge in [-0.3, -0.25) is 14.5 Å². The molecule has 9 nitrogen and oxygen atoms in total. The Morgan fingerprint density at radius 2 is 1.44 bits per heavy atom. The van der Waals surface area contributed by atoms with Gasteiger partial charge in [-0.05, 0) is 182 Å². The molecule has 1 saturated heterocycles. The average Bonchev–Trinajstić information content (AvgIpc) is 3.89. The van der Waals surface area contributed by atoms with Crippen LogP contribution < -0.4 is 5.32 Å². The predicted molar refractivity (Wildman–Crippen MR) is 283 cm³/mol. The fraction of sp³-hybridized carbons (Fsp3) is 0.864. The third-order valence-electron chi connectivity index (χ3n) is 24.8. The second-order valence-corrected chi connectivity index (χ2v) is 36.2. The Morgan fingerprint density at radius 1 is 0.800 bits per heavy atom. The van der Waals surface area contributed by atoms with Gasteiger partial charge in [0.25, 0.3) is 0 Å². The topological polar surface area (TPSA) is 122 Å². The lowest BCUT2D eigenvalue weighted by atomic mass is 9.29. The quantitative estimate of drug-likeness (QED) is 0.147. The number of hydrogen-bond donors (Lipinski definition) is 2. The number of ether oxygens (including phenoxy) is 1. The molecule has 0 spiro atoms. The lowest BCUT2D eigenvalue weighted by Gasteiger charge is -2.75. The number of rotatable bonds is 13. The van der Waals surface area contributed by atoms with Crippen LogP contribution >= 0.6 is 0 Å². The van der Waals surface area contributed by atoms with Gasteiger partial charge >= 0.3 is 11.9 Å². The minimum Gasteiger partial charge on any atom is -0.481 e. The molecule has 7 saturated carbocycles. The monoisotopic (exact) mass is 1000 g/mol. The standard InChI is InChI=1S/C59H96N2O7SSi/c1-39(68-70(13,14)51(2,3)4)44(61-32-34-69(65,66)35-33-61)37-60-58-27-22-41(54(9)28-29-54)48(58)42-20-21-47-55(10)25-23-46(52(5,6)45(55)24-26-57(47,12)56(42,11)30-31-58)59(50(63)64)36-43(53(59,7)8)49(62)67-38-40-18-16-15-17-19-40/h15-19,39,41-48,60H,20-38H2,1-14H3,(H,63,64)/t39-,41-,42-,43+,44-,45-,46+,47-,48-,55-,56-,57-,58+,59-/m1/s1. The summed E-state index contributed by atoms with van der Waals surface area (Å²) in [7, 11) is -5.11. The summed E-state index contributed by atoms with van der Waals surface area (Å²) in [6.45, 7) is 35.8. The second-order valence-electron chi connectivity index (χ2n) is 29.1. The zero-order valence-electron chi connectivity index (χ0n) is 46.3. The van der Waals surface area contributed by atoms with Gasteiger partial charge in [-0.15, -0.1) is 0 Å². The lowest BCUT2D eigenvalue weighted by molar-refractivity contribution is -0.268. The number of esters is 1. The highest BCUT2D eigenvalue weighted by Crippen LogP contribution is 2.80. The molecule has 2 N–H and O–H groups in total. The van der Waals surface area contributed by atoms with Crippen LogP contribution in [0, 0.1) is 79.3 Å². The molecule has 8 fully saturated rings. The summed E-state index contributed by atoms with van der Waals surface area (Å²) in [5.41, 5.74) is -0.0510. The molecule has 1 aromatic carbocycles. The van der Waals surface area contributed by atoms with Crippen LogP contribution in [0.2, 0.25) is 18.1 Å². The van der Waals surface area contributed by atoms with E-state index >= 15 is 0 Å². The molecule has 1 aromatic rings. The molecule has 11 heteroatoms. The molecule has 7 aliphatic carbocycles. The molecule has 0 unspecified atom stereocenters. The van der Waals surface area contributed by atoms with Gasteiger partial charge in [-0.25, -0.2) is 8.42 Å². The van der Waals surface area contributed by atoms with Gasteiger partial charge in [0.15, 0.2) is 18.2 Å². The fourth-order valence-electron chi connectivity index (χ4n) is 19.1. The minimum absolute atomic E-state index is 0.00993. The summed E-state index contributed by atoms with van der Waals surface area (Å²) in [5, 5.41) is 16.0. The molecule has 8 aliphatic rings. The Hall–Kier alpha value is -1.79. The minimum atomic E-state index is -3.02. The third-order valence-corrected chi connectivity index (χ3v) is 31.0. The zero-order valence-corrected chi connectivity index (χ0v) is 48.1. The number of carbonyl (C=O) groups excluding carboxylic acids is 1. The maximum Gasteiger partial charge on any atom is 0.310 e. The first-order chi connectivity index (χ1) is 32.4. The van der Waals surface area contributed by atoms with E-state index in [2.05, 4.69) is 92.5 Å². The summed E-state index contributed by atoms with van der Waals surface area (Å²) in [6.07, 6.45) is 14.7. The van der Waals surface area contributed by atoms with Crippen LogP contribution in [0.4, 0.5) is 0 Å². The highest BCUT2D eigenvalue weighted by molar-refractivity contribution is 7.91. The highest BCUT2D eigenvalue weighted by atomic mass is 32.2. The maximum atomic E-state index is 13.9.